The van der Waals surface area contributed by atoms with Gasteiger partial charge in [0.05, 0.1) is 18.6 Å². The first kappa shape index (κ1) is 14.7. The number of carbonyl (C=O) groups is 1. The number of halogens is 1. The van der Waals surface area contributed by atoms with E-state index in [2.05, 4.69) is 10.8 Å². The second-order valence-corrected chi connectivity index (χ2v) is 7.18. The van der Waals surface area contributed by atoms with Crippen molar-refractivity contribution in [2.75, 3.05) is 7.11 Å². The molecule has 0 aliphatic carbocycles. The van der Waals surface area contributed by atoms with Gasteiger partial charge in [-0.1, -0.05) is 36.7 Å². The third-order valence-electron chi connectivity index (χ3n) is 2.78. The summed E-state index contributed by atoms with van der Waals surface area (Å²) in [7, 11) is 1.42. The zero-order chi connectivity index (χ0) is 13.8. The second kappa shape index (κ2) is 6.64. The molecule has 0 N–H and O–H groups in total. The third-order valence-corrected chi connectivity index (χ3v) is 5.87. The molecule has 0 spiro atoms. The van der Waals surface area contributed by atoms with E-state index in [0.29, 0.717) is 6.42 Å². The minimum atomic E-state index is -0.164. The third kappa shape index (κ3) is 3.65. The number of ether oxygens (including phenoxy) is 1. The minimum absolute atomic E-state index is 0.164. The van der Waals surface area contributed by atoms with Crippen LogP contribution >= 0.6 is 34.7 Å². The van der Waals surface area contributed by atoms with Crippen LogP contribution in [0.2, 0.25) is 5.02 Å². The van der Waals surface area contributed by atoms with Crippen LogP contribution in [0.25, 0.3) is 10.1 Å². The van der Waals surface area contributed by atoms with Gasteiger partial charge in [-0.05, 0) is 6.07 Å². The number of esters is 1. The highest BCUT2D eigenvalue weighted by molar-refractivity contribution is 7.99. The van der Waals surface area contributed by atoms with Gasteiger partial charge in [0.15, 0.2) is 0 Å². The molecule has 2 nitrogen and oxygen atoms in total. The highest BCUT2D eigenvalue weighted by Gasteiger charge is 2.13. The fourth-order valence-electron chi connectivity index (χ4n) is 1.75. The van der Waals surface area contributed by atoms with E-state index in [1.807, 2.05) is 25.1 Å². The molecular formula is C14H15ClO2S2. The molecule has 0 aliphatic heterocycles. The van der Waals surface area contributed by atoms with Gasteiger partial charge in [-0.3, -0.25) is 4.79 Å². The van der Waals surface area contributed by atoms with Crippen molar-refractivity contribution in [2.24, 2.45) is 0 Å². The maximum Gasteiger partial charge on any atom is 0.306 e. The lowest BCUT2D eigenvalue weighted by Crippen LogP contribution is -2.08. The van der Waals surface area contributed by atoms with Crippen molar-refractivity contribution >= 4 is 50.8 Å². The molecule has 0 saturated carbocycles. The number of fused-ring (bicyclic) bond motifs is 1. The predicted molar refractivity (Wildman–Crippen MR) is 84.2 cm³/mol. The van der Waals surface area contributed by atoms with Gasteiger partial charge in [-0.2, -0.15) is 11.8 Å². The molecule has 5 heteroatoms. The number of methoxy groups -OCH3 is 1. The lowest BCUT2D eigenvalue weighted by atomic mass is 10.2. The van der Waals surface area contributed by atoms with Crippen molar-refractivity contribution < 1.29 is 9.53 Å². The summed E-state index contributed by atoms with van der Waals surface area (Å²) in [6.45, 7) is 2.03. The number of thiophene rings is 1. The lowest BCUT2D eigenvalue weighted by molar-refractivity contribution is -0.140. The Morgan fingerprint density at radius 1 is 1.47 bits per heavy atom. The van der Waals surface area contributed by atoms with Gasteiger partial charge in [-0.25, -0.2) is 0 Å². The standard InChI is InChI=1S/C14H15ClO2S2/c1-9(7-13(16)17-2)18-8-12-14(15)10-5-3-4-6-11(10)19-12/h3-6,9H,7-8H2,1-2H3. The van der Waals surface area contributed by atoms with Crippen LogP contribution in [0.5, 0.6) is 0 Å². The van der Waals surface area contributed by atoms with Crippen molar-refractivity contribution in [1.29, 1.82) is 0 Å². The largest absolute Gasteiger partial charge is 0.469 e. The quantitative estimate of drug-likeness (QED) is 0.746. The van der Waals surface area contributed by atoms with Crippen LogP contribution < -0.4 is 0 Å². The van der Waals surface area contributed by atoms with E-state index in [1.165, 1.54) is 16.7 Å². The summed E-state index contributed by atoms with van der Waals surface area (Å²) in [5.41, 5.74) is 0. The summed E-state index contributed by atoms with van der Waals surface area (Å²) in [4.78, 5) is 12.4. The molecule has 2 rings (SSSR count). The van der Waals surface area contributed by atoms with Crippen molar-refractivity contribution in [3.05, 3.63) is 34.2 Å². The van der Waals surface area contributed by atoms with Gasteiger partial charge >= 0.3 is 5.97 Å². The van der Waals surface area contributed by atoms with Crippen LogP contribution in [0.4, 0.5) is 0 Å². The van der Waals surface area contributed by atoms with E-state index in [0.717, 1.165) is 16.2 Å². The maximum atomic E-state index is 11.2. The van der Waals surface area contributed by atoms with Crippen LogP contribution in [0.1, 0.15) is 18.2 Å². The maximum absolute atomic E-state index is 11.2. The van der Waals surface area contributed by atoms with E-state index in [4.69, 9.17) is 11.6 Å². The number of rotatable bonds is 5. The zero-order valence-corrected chi connectivity index (χ0v) is 13.2. The molecule has 102 valence electrons. The van der Waals surface area contributed by atoms with Gasteiger partial charge in [-0.15, -0.1) is 11.3 Å². The SMILES string of the molecule is COC(=O)CC(C)SCc1sc2ccccc2c1Cl. The molecule has 1 atom stereocenters. The predicted octanol–water partition coefficient (Wildman–Crippen LogP) is 4.74. The molecule has 0 bridgehead atoms. The van der Waals surface area contributed by atoms with Gasteiger partial charge in [0.1, 0.15) is 0 Å². The Hall–Kier alpha value is -0.710. The van der Waals surface area contributed by atoms with Crippen molar-refractivity contribution in [3.63, 3.8) is 0 Å². The number of hydrogen-bond donors (Lipinski definition) is 0. The van der Waals surface area contributed by atoms with Crippen LogP contribution in [-0.2, 0) is 15.3 Å². The molecule has 1 aromatic carbocycles. The molecule has 0 radical (unpaired) electrons. The molecule has 1 heterocycles. The fourth-order valence-corrected chi connectivity index (χ4v) is 4.40. The van der Waals surface area contributed by atoms with E-state index in [9.17, 15) is 4.79 Å². The normalized spacial score (nSPS) is 12.6. The number of benzene rings is 1. The molecule has 0 saturated heterocycles. The number of thioether (sulfide) groups is 1. The molecule has 0 amide bonds. The van der Waals surface area contributed by atoms with E-state index < -0.39 is 0 Å². The molecule has 19 heavy (non-hydrogen) atoms. The topological polar surface area (TPSA) is 26.3 Å². The highest BCUT2D eigenvalue weighted by Crippen LogP contribution is 2.38. The van der Waals surface area contributed by atoms with Gasteiger partial charge in [0, 0.05) is 26.0 Å². The van der Waals surface area contributed by atoms with Gasteiger partial charge in [0.2, 0.25) is 0 Å². The summed E-state index contributed by atoms with van der Waals surface area (Å²) in [6.07, 6.45) is 0.434. The summed E-state index contributed by atoms with van der Waals surface area (Å²) in [5, 5.41) is 2.19. The Balaban J connectivity index is 2.02. The van der Waals surface area contributed by atoms with E-state index in [1.54, 1.807) is 23.1 Å². The van der Waals surface area contributed by atoms with Crippen molar-refractivity contribution in [2.45, 2.75) is 24.3 Å². The van der Waals surface area contributed by atoms with Crippen molar-refractivity contribution in [1.82, 2.24) is 0 Å². The van der Waals surface area contributed by atoms with Crippen molar-refractivity contribution in [3.8, 4) is 0 Å². The zero-order valence-electron chi connectivity index (χ0n) is 10.8. The smallest absolute Gasteiger partial charge is 0.306 e. The fraction of sp³-hybridized carbons (Fsp3) is 0.357. The molecule has 2 aromatic rings. The minimum Gasteiger partial charge on any atom is -0.469 e. The molecule has 0 aliphatic rings. The first-order chi connectivity index (χ1) is 9.11. The monoisotopic (exact) mass is 314 g/mol. The Bertz CT molecular complexity index is 580. The first-order valence-corrected chi connectivity index (χ1v) is 8.20. The van der Waals surface area contributed by atoms with Gasteiger partial charge < -0.3 is 4.74 Å². The number of carbonyl (C=O) groups excluding carboxylic acids is 1. The number of hydrogen-bond acceptors (Lipinski definition) is 4. The van der Waals surface area contributed by atoms with E-state index >= 15 is 0 Å². The summed E-state index contributed by atoms with van der Waals surface area (Å²) in [6, 6.07) is 8.14. The highest BCUT2D eigenvalue weighted by atomic mass is 35.5. The van der Waals surface area contributed by atoms with E-state index in [-0.39, 0.29) is 11.2 Å². The van der Waals surface area contributed by atoms with Crippen LogP contribution in [0, 0.1) is 0 Å². The second-order valence-electron chi connectivity index (χ2n) is 4.24. The van der Waals surface area contributed by atoms with Gasteiger partial charge in [0.25, 0.3) is 0 Å². The Morgan fingerprint density at radius 3 is 2.89 bits per heavy atom. The van der Waals surface area contributed by atoms with Crippen LogP contribution in [-0.4, -0.2) is 18.3 Å². The summed E-state index contributed by atoms with van der Waals surface area (Å²) < 4.78 is 5.88. The van der Waals surface area contributed by atoms with Crippen LogP contribution in [0.3, 0.4) is 0 Å². The Labute approximate surface area is 126 Å². The average Bonchev–Trinajstić information content (AvgIpc) is 2.73. The summed E-state index contributed by atoms with van der Waals surface area (Å²) >= 11 is 9.83. The molecule has 1 unspecified atom stereocenters. The lowest BCUT2D eigenvalue weighted by Gasteiger charge is -2.08. The Morgan fingerprint density at radius 2 is 2.21 bits per heavy atom. The average molecular weight is 315 g/mol. The van der Waals surface area contributed by atoms with Crippen LogP contribution in [0.15, 0.2) is 24.3 Å². The molecule has 1 aromatic heterocycles. The first-order valence-electron chi connectivity index (χ1n) is 5.96. The molecule has 0 fully saturated rings. The Kier molecular flexibility index (Phi) is 5.13. The molecular weight excluding hydrogens is 300 g/mol. The summed E-state index contributed by atoms with van der Waals surface area (Å²) in [5.74, 6) is 0.665.